The molecule has 0 saturated carbocycles. The Labute approximate surface area is 200 Å². The molecule has 0 bridgehead atoms. The second-order valence-electron chi connectivity index (χ2n) is 7.44. The third kappa shape index (κ3) is 4.58. The van der Waals surface area contributed by atoms with E-state index in [2.05, 4.69) is 15.5 Å². The lowest BCUT2D eigenvalue weighted by Gasteiger charge is -2.10. The number of esters is 1. The third-order valence-electron chi connectivity index (χ3n) is 5.37. The molecule has 0 amide bonds. The van der Waals surface area contributed by atoms with Gasteiger partial charge in [-0.2, -0.15) is 4.68 Å². The van der Waals surface area contributed by atoms with Crippen molar-refractivity contribution in [3.05, 3.63) is 77.1 Å². The highest BCUT2D eigenvalue weighted by atomic mass is 32.2. The second-order valence-corrected chi connectivity index (χ2v) is 8.38. The highest BCUT2D eigenvalue weighted by Gasteiger charge is 2.19. The molecule has 0 aliphatic rings. The molecule has 0 aliphatic carbocycles. The molecular formula is C24H23N5O4S. The van der Waals surface area contributed by atoms with Crippen LogP contribution in [0.2, 0.25) is 0 Å². The lowest BCUT2D eigenvalue weighted by Crippen LogP contribution is -2.07. The minimum atomic E-state index is -0.391. The maximum absolute atomic E-state index is 13.1. The van der Waals surface area contributed by atoms with Gasteiger partial charge in [-0.3, -0.25) is 4.79 Å². The predicted octanol–water partition coefficient (Wildman–Crippen LogP) is 3.84. The number of carbonyl (C=O) groups excluding carboxylic acids is 2. The van der Waals surface area contributed by atoms with Gasteiger partial charge in [0.25, 0.3) is 0 Å². The lowest BCUT2D eigenvalue weighted by atomic mass is 10.2. The van der Waals surface area contributed by atoms with Crippen molar-refractivity contribution in [3.63, 3.8) is 0 Å². The summed E-state index contributed by atoms with van der Waals surface area (Å²) in [5.74, 6) is 0.496. The average Bonchev–Trinajstić information content (AvgIpc) is 3.46. The summed E-state index contributed by atoms with van der Waals surface area (Å²) in [5, 5.41) is 12.4. The van der Waals surface area contributed by atoms with Crippen LogP contribution in [0.4, 0.5) is 0 Å². The summed E-state index contributed by atoms with van der Waals surface area (Å²) in [5.41, 5.74) is 4.47. The van der Waals surface area contributed by atoms with Crippen LogP contribution in [0.5, 0.6) is 5.75 Å². The van der Waals surface area contributed by atoms with E-state index in [-0.39, 0.29) is 11.5 Å². The van der Waals surface area contributed by atoms with E-state index >= 15 is 0 Å². The van der Waals surface area contributed by atoms with Gasteiger partial charge in [-0.15, -0.1) is 5.10 Å². The molecule has 0 unspecified atom stereocenters. The Hall–Kier alpha value is -3.92. The van der Waals surface area contributed by atoms with E-state index < -0.39 is 5.97 Å². The molecule has 0 fully saturated rings. The normalized spacial score (nSPS) is 10.8. The van der Waals surface area contributed by atoms with Crippen molar-refractivity contribution in [2.24, 2.45) is 0 Å². The Morgan fingerprint density at radius 2 is 1.65 bits per heavy atom. The molecule has 2 heterocycles. The first kappa shape index (κ1) is 23.2. The molecule has 2 aromatic carbocycles. The summed E-state index contributed by atoms with van der Waals surface area (Å²) in [6.45, 7) is 3.84. The van der Waals surface area contributed by atoms with Gasteiger partial charge in [0.15, 0.2) is 5.78 Å². The zero-order valence-corrected chi connectivity index (χ0v) is 20.0. The first-order valence-electron chi connectivity index (χ1n) is 10.4. The van der Waals surface area contributed by atoms with Gasteiger partial charge in [-0.25, -0.2) is 4.79 Å². The van der Waals surface area contributed by atoms with Gasteiger partial charge in [0.2, 0.25) is 5.16 Å². The summed E-state index contributed by atoms with van der Waals surface area (Å²) in [6.07, 6.45) is 0. The standard InChI is InChI=1S/C24H23N5O4S/c1-15-13-21(16(2)28(15)18-7-5-17(6-8-18)23(31)33-4)22(30)14-34-24-25-26-27-29(24)19-9-11-20(32-3)12-10-19/h5-13H,14H2,1-4H3. The lowest BCUT2D eigenvalue weighted by molar-refractivity contribution is 0.0600. The molecule has 0 atom stereocenters. The quantitative estimate of drug-likeness (QED) is 0.214. The second kappa shape index (κ2) is 9.92. The maximum Gasteiger partial charge on any atom is 0.337 e. The zero-order chi connectivity index (χ0) is 24.2. The van der Waals surface area contributed by atoms with Gasteiger partial charge in [0.05, 0.1) is 31.2 Å². The average molecular weight is 478 g/mol. The number of aryl methyl sites for hydroxylation is 1. The molecule has 0 aliphatic heterocycles. The fraction of sp³-hybridized carbons (Fsp3) is 0.208. The number of ether oxygens (including phenoxy) is 2. The Morgan fingerprint density at radius 3 is 2.29 bits per heavy atom. The molecule has 0 radical (unpaired) electrons. The van der Waals surface area contributed by atoms with Gasteiger partial charge < -0.3 is 14.0 Å². The number of benzene rings is 2. The van der Waals surface area contributed by atoms with Crippen LogP contribution in [0.1, 0.15) is 32.1 Å². The van der Waals surface area contributed by atoms with Crippen molar-refractivity contribution in [2.75, 3.05) is 20.0 Å². The van der Waals surface area contributed by atoms with E-state index in [9.17, 15) is 9.59 Å². The van der Waals surface area contributed by atoms with Gasteiger partial charge >= 0.3 is 5.97 Å². The number of Topliss-reactive ketones (excluding diaryl/α,β-unsaturated/α-hetero) is 1. The number of ketones is 1. The van der Waals surface area contributed by atoms with E-state index in [0.29, 0.717) is 16.3 Å². The van der Waals surface area contributed by atoms with Crippen LogP contribution in [0.15, 0.2) is 59.8 Å². The number of nitrogens with zero attached hydrogens (tertiary/aromatic N) is 5. The highest BCUT2D eigenvalue weighted by molar-refractivity contribution is 7.99. The number of tetrazole rings is 1. The maximum atomic E-state index is 13.1. The number of methoxy groups -OCH3 is 2. The Balaban J connectivity index is 1.51. The molecule has 174 valence electrons. The molecule has 2 aromatic heterocycles. The van der Waals surface area contributed by atoms with Crippen LogP contribution in [-0.2, 0) is 4.74 Å². The summed E-state index contributed by atoms with van der Waals surface area (Å²) >= 11 is 1.27. The van der Waals surface area contributed by atoms with E-state index in [4.69, 9.17) is 9.47 Å². The fourth-order valence-electron chi connectivity index (χ4n) is 3.67. The Morgan fingerprint density at radius 1 is 0.971 bits per heavy atom. The smallest absolute Gasteiger partial charge is 0.337 e. The van der Waals surface area contributed by atoms with Crippen LogP contribution in [0, 0.1) is 13.8 Å². The largest absolute Gasteiger partial charge is 0.497 e. The predicted molar refractivity (Wildman–Crippen MR) is 127 cm³/mol. The van der Waals surface area contributed by atoms with Crippen LogP contribution in [0.25, 0.3) is 11.4 Å². The fourth-order valence-corrected chi connectivity index (χ4v) is 4.44. The number of hydrogen-bond donors (Lipinski definition) is 0. The molecule has 4 aromatic rings. The van der Waals surface area contributed by atoms with Crippen LogP contribution >= 0.6 is 11.8 Å². The Kier molecular flexibility index (Phi) is 6.78. The first-order valence-corrected chi connectivity index (χ1v) is 11.4. The van der Waals surface area contributed by atoms with Crippen LogP contribution < -0.4 is 4.74 Å². The van der Waals surface area contributed by atoms with E-state index in [1.165, 1.54) is 18.9 Å². The third-order valence-corrected chi connectivity index (χ3v) is 6.29. The van der Waals surface area contributed by atoms with Gasteiger partial charge in [-0.1, -0.05) is 11.8 Å². The molecule has 10 heteroatoms. The van der Waals surface area contributed by atoms with Crippen molar-refractivity contribution in [1.82, 2.24) is 24.8 Å². The van der Waals surface area contributed by atoms with Gasteiger partial charge in [0, 0.05) is 22.6 Å². The molecule has 4 rings (SSSR count). The van der Waals surface area contributed by atoms with E-state index in [1.54, 1.807) is 23.9 Å². The molecule has 34 heavy (non-hydrogen) atoms. The SMILES string of the molecule is COC(=O)c1ccc(-n2c(C)cc(C(=O)CSc3nnnn3-c3ccc(OC)cc3)c2C)cc1. The number of carbonyl (C=O) groups is 2. The summed E-state index contributed by atoms with van der Waals surface area (Å²) < 4.78 is 13.5. The molecule has 0 saturated heterocycles. The van der Waals surface area contributed by atoms with Gasteiger partial charge in [-0.05, 0) is 78.9 Å². The van der Waals surface area contributed by atoms with Crippen molar-refractivity contribution in [3.8, 4) is 17.1 Å². The van der Waals surface area contributed by atoms with E-state index in [0.717, 1.165) is 28.5 Å². The number of aromatic nitrogens is 5. The van der Waals surface area contributed by atoms with E-state index in [1.807, 2.05) is 60.9 Å². The molecule has 9 nitrogen and oxygen atoms in total. The van der Waals surface area contributed by atoms with Crippen molar-refractivity contribution < 1.29 is 19.1 Å². The highest BCUT2D eigenvalue weighted by Crippen LogP contribution is 2.25. The number of thioether (sulfide) groups is 1. The van der Waals surface area contributed by atoms with Crippen molar-refractivity contribution in [2.45, 2.75) is 19.0 Å². The number of rotatable bonds is 8. The molecular weight excluding hydrogens is 454 g/mol. The topological polar surface area (TPSA) is 101 Å². The molecule has 0 spiro atoms. The van der Waals surface area contributed by atoms with Gasteiger partial charge in [0.1, 0.15) is 5.75 Å². The summed E-state index contributed by atoms with van der Waals surface area (Å²) in [6, 6.07) is 16.3. The zero-order valence-electron chi connectivity index (χ0n) is 19.2. The minimum absolute atomic E-state index is 0.0280. The monoisotopic (exact) mass is 477 g/mol. The minimum Gasteiger partial charge on any atom is -0.497 e. The van der Waals surface area contributed by atoms with Crippen LogP contribution in [-0.4, -0.2) is 56.5 Å². The Bertz CT molecular complexity index is 1330. The van der Waals surface area contributed by atoms with Crippen LogP contribution in [0.3, 0.4) is 0 Å². The summed E-state index contributed by atoms with van der Waals surface area (Å²) in [7, 11) is 2.95. The first-order chi connectivity index (χ1) is 16.4. The van der Waals surface area contributed by atoms with Crippen molar-refractivity contribution >= 4 is 23.5 Å². The molecule has 0 N–H and O–H groups in total. The van der Waals surface area contributed by atoms with Crippen molar-refractivity contribution in [1.29, 1.82) is 0 Å². The number of hydrogen-bond acceptors (Lipinski definition) is 8. The summed E-state index contributed by atoms with van der Waals surface area (Å²) in [4.78, 5) is 24.8.